The Balaban J connectivity index is 2.04. The Kier molecular flexibility index (Phi) is 4.88. The van der Waals surface area contributed by atoms with Crippen molar-refractivity contribution in [2.24, 2.45) is 0 Å². The number of rotatable bonds is 3. The van der Waals surface area contributed by atoms with E-state index in [1.807, 2.05) is 6.92 Å². The second-order valence-electron chi connectivity index (χ2n) is 3.64. The van der Waals surface area contributed by atoms with E-state index in [1.165, 1.54) is 0 Å². The Morgan fingerprint density at radius 2 is 2.00 bits per heavy atom. The molecule has 1 rings (SSSR count). The molecule has 0 aliphatic heterocycles. The third kappa shape index (κ3) is 4.31. The van der Waals surface area contributed by atoms with Crippen LogP contribution >= 0.6 is 0 Å². The van der Waals surface area contributed by atoms with Gasteiger partial charge in [-0.25, -0.2) is 0 Å². The van der Waals surface area contributed by atoms with Crippen LogP contribution in [0.1, 0.15) is 39.0 Å². The molecule has 0 bridgehead atoms. The van der Waals surface area contributed by atoms with Gasteiger partial charge in [0.25, 0.3) is 0 Å². The average molecular weight is 181 g/mol. The zero-order valence-electron chi connectivity index (χ0n) is 8.34. The molecule has 0 aromatic carbocycles. The van der Waals surface area contributed by atoms with Crippen LogP contribution in [-0.2, 0) is 0 Å². The topological polar surface area (TPSA) is 32.3 Å². The van der Waals surface area contributed by atoms with Gasteiger partial charge in [0.15, 0.2) is 0 Å². The van der Waals surface area contributed by atoms with Gasteiger partial charge < -0.3 is 10.4 Å². The number of aliphatic hydroxyl groups is 1. The Bertz CT molecular complexity index is 184. The van der Waals surface area contributed by atoms with Crippen molar-refractivity contribution >= 4 is 0 Å². The van der Waals surface area contributed by atoms with Crippen molar-refractivity contribution in [3.05, 3.63) is 0 Å². The van der Waals surface area contributed by atoms with Gasteiger partial charge in [-0.1, -0.05) is 0 Å². The molecule has 2 heteroatoms. The minimum Gasteiger partial charge on any atom is -0.393 e. The number of aliphatic hydroxyl groups excluding tert-OH is 1. The van der Waals surface area contributed by atoms with Gasteiger partial charge in [-0.2, -0.15) is 0 Å². The highest BCUT2D eigenvalue weighted by Crippen LogP contribution is 2.17. The number of nitrogens with one attached hydrogen (secondary N) is 1. The summed E-state index contributed by atoms with van der Waals surface area (Å²) in [5, 5.41) is 12.7. The van der Waals surface area contributed by atoms with E-state index in [2.05, 4.69) is 17.2 Å². The first-order chi connectivity index (χ1) is 6.33. The van der Waals surface area contributed by atoms with Crippen LogP contribution in [0.4, 0.5) is 0 Å². The predicted molar refractivity (Wildman–Crippen MR) is 54.3 cm³/mol. The van der Waals surface area contributed by atoms with Crippen LogP contribution in [0.3, 0.4) is 0 Å². The monoisotopic (exact) mass is 181 g/mol. The zero-order chi connectivity index (χ0) is 9.52. The Morgan fingerprint density at radius 1 is 1.31 bits per heavy atom. The first-order valence-corrected chi connectivity index (χ1v) is 5.14. The van der Waals surface area contributed by atoms with Crippen molar-refractivity contribution in [3.8, 4) is 11.8 Å². The van der Waals surface area contributed by atoms with Crippen LogP contribution < -0.4 is 5.32 Å². The first kappa shape index (κ1) is 10.6. The van der Waals surface area contributed by atoms with Crippen LogP contribution in [0, 0.1) is 11.8 Å². The first-order valence-electron chi connectivity index (χ1n) is 5.14. The van der Waals surface area contributed by atoms with E-state index < -0.39 is 0 Å². The molecule has 2 nitrogen and oxygen atoms in total. The van der Waals surface area contributed by atoms with Gasteiger partial charge in [0.2, 0.25) is 0 Å². The molecule has 0 atom stereocenters. The van der Waals surface area contributed by atoms with Crippen molar-refractivity contribution in [1.29, 1.82) is 0 Å². The SMILES string of the molecule is CC#CCCNC1CCC(O)CC1. The van der Waals surface area contributed by atoms with Gasteiger partial charge in [-0.15, -0.1) is 11.8 Å². The second-order valence-corrected chi connectivity index (χ2v) is 3.64. The van der Waals surface area contributed by atoms with Gasteiger partial charge in [-0.05, 0) is 32.6 Å². The molecule has 0 unspecified atom stereocenters. The summed E-state index contributed by atoms with van der Waals surface area (Å²) in [4.78, 5) is 0. The highest BCUT2D eigenvalue weighted by molar-refractivity contribution is 4.95. The summed E-state index contributed by atoms with van der Waals surface area (Å²) in [6.07, 6.45) is 5.03. The molecule has 0 heterocycles. The summed E-state index contributed by atoms with van der Waals surface area (Å²) in [6, 6.07) is 0.613. The van der Waals surface area contributed by atoms with Gasteiger partial charge in [0, 0.05) is 19.0 Å². The second kappa shape index (κ2) is 6.01. The molecule has 1 fully saturated rings. The lowest BCUT2D eigenvalue weighted by Gasteiger charge is -2.25. The summed E-state index contributed by atoms with van der Waals surface area (Å²) in [5.41, 5.74) is 0. The lowest BCUT2D eigenvalue weighted by Crippen LogP contribution is -2.34. The molecular weight excluding hydrogens is 162 g/mol. The summed E-state index contributed by atoms with van der Waals surface area (Å²) in [5.74, 6) is 5.92. The summed E-state index contributed by atoms with van der Waals surface area (Å²) in [7, 11) is 0. The maximum Gasteiger partial charge on any atom is 0.0541 e. The Morgan fingerprint density at radius 3 is 2.62 bits per heavy atom. The van der Waals surface area contributed by atoms with Crippen LogP contribution in [0.5, 0.6) is 0 Å². The highest BCUT2D eigenvalue weighted by Gasteiger charge is 2.17. The maximum atomic E-state index is 9.29. The molecular formula is C11H19NO. The summed E-state index contributed by atoms with van der Waals surface area (Å²) >= 11 is 0. The lowest BCUT2D eigenvalue weighted by atomic mass is 9.93. The van der Waals surface area contributed by atoms with E-state index in [1.54, 1.807) is 0 Å². The van der Waals surface area contributed by atoms with Crippen LogP contribution in [-0.4, -0.2) is 23.8 Å². The molecule has 1 saturated carbocycles. The van der Waals surface area contributed by atoms with Gasteiger partial charge in [-0.3, -0.25) is 0 Å². The predicted octanol–water partition coefficient (Wildman–Crippen LogP) is 1.29. The van der Waals surface area contributed by atoms with Gasteiger partial charge in [0.05, 0.1) is 6.10 Å². The number of hydrogen-bond acceptors (Lipinski definition) is 2. The van der Waals surface area contributed by atoms with Crippen molar-refractivity contribution in [3.63, 3.8) is 0 Å². The van der Waals surface area contributed by atoms with Gasteiger partial charge in [0.1, 0.15) is 0 Å². The summed E-state index contributed by atoms with van der Waals surface area (Å²) in [6.45, 7) is 2.86. The molecule has 2 N–H and O–H groups in total. The Labute approximate surface area is 80.7 Å². The molecule has 0 spiro atoms. The van der Waals surface area contributed by atoms with Crippen LogP contribution in [0.25, 0.3) is 0 Å². The van der Waals surface area contributed by atoms with E-state index >= 15 is 0 Å². The average Bonchev–Trinajstić information content (AvgIpc) is 2.15. The van der Waals surface area contributed by atoms with Crippen LogP contribution in [0.2, 0.25) is 0 Å². The standard InChI is InChI=1S/C11H19NO/c1-2-3-4-9-12-10-5-7-11(13)8-6-10/h10-13H,4-9H2,1H3. The molecule has 0 amide bonds. The zero-order valence-corrected chi connectivity index (χ0v) is 8.34. The highest BCUT2D eigenvalue weighted by atomic mass is 16.3. The molecule has 0 saturated heterocycles. The lowest BCUT2D eigenvalue weighted by molar-refractivity contribution is 0.117. The molecule has 1 aliphatic carbocycles. The van der Waals surface area contributed by atoms with Crippen molar-refractivity contribution in [2.45, 2.75) is 51.2 Å². The van der Waals surface area contributed by atoms with E-state index in [4.69, 9.17) is 0 Å². The fraction of sp³-hybridized carbons (Fsp3) is 0.818. The third-order valence-corrected chi connectivity index (χ3v) is 2.56. The number of hydrogen-bond donors (Lipinski definition) is 2. The third-order valence-electron chi connectivity index (χ3n) is 2.56. The Hall–Kier alpha value is -0.520. The molecule has 0 aromatic heterocycles. The maximum absolute atomic E-state index is 9.29. The van der Waals surface area contributed by atoms with Crippen molar-refractivity contribution in [2.75, 3.05) is 6.54 Å². The van der Waals surface area contributed by atoms with Crippen LogP contribution in [0.15, 0.2) is 0 Å². The van der Waals surface area contributed by atoms with E-state index in [0.29, 0.717) is 6.04 Å². The minimum absolute atomic E-state index is 0.0477. The molecule has 0 radical (unpaired) electrons. The van der Waals surface area contributed by atoms with Crippen molar-refractivity contribution < 1.29 is 5.11 Å². The minimum atomic E-state index is -0.0477. The fourth-order valence-electron chi connectivity index (χ4n) is 1.74. The van der Waals surface area contributed by atoms with Crippen molar-refractivity contribution in [1.82, 2.24) is 5.32 Å². The largest absolute Gasteiger partial charge is 0.393 e. The smallest absolute Gasteiger partial charge is 0.0541 e. The fourth-order valence-corrected chi connectivity index (χ4v) is 1.74. The van der Waals surface area contributed by atoms with Gasteiger partial charge >= 0.3 is 0 Å². The molecule has 0 aromatic rings. The van der Waals surface area contributed by atoms with E-state index in [9.17, 15) is 5.11 Å². The molecule has 74 valence electrons. The molecule has 13 heavy (non-hydrogen) atoms. The normalized spacial score (nSPS) is 27.8. The van der Waals surface area contributed by atoms with E-state index in [-0.39, 0.29) is 6.10 Å². The summed E-state index contributed by atoms with van der Waals surface area (Å²) < 4.78 is 0. The quantitative estimate of drug-likeness (QED) is 0.508. The molecule has 1 aliphatic rings. The van der Waals surface area contributed by atoms with E-state index in [0.717, 1.165) is 38.6 Å².